The van der Waals surface area contributed by atoms with Gasteiger partial charge < -0.3 is 5.32 Å². The molecule has 1 unspecified atom stereocenters. The zero-order chi connectivity index (χ0) is 9.19. The van der Waals surface area contributed by atoms with Gasteiger partial charge in [0.1, 0.15) is 6.17 Å². The van der Waals surface area contributed by atoms with Gasteiger partial charge in [-0.25, -0.2) is 4.39 Å². The van der Waals surface area contributed by atoms with Crippen LogP contribution in [-0.2, 0) is 0 Å². The van der Waals surface area contributed by atoms with Crippen molar-refractivity contribution in [1.29, 1.82) is 0 Å². The lowest BCUT2D eigenvalue weighted by molar-refractivity contribution is 0.134. The molecule has 0 radical (unpaired) electrons. The van der Waals surface area contributed by atoms with Gasteiger partial charge in [0.2, 0.25) is 0 Å². The summed E-state index contributed by atoms with van der Waals surface area (Å²) in [5.41, 5.74) is 0.270. The van der Waals surface area contributed by atoms with E-state index in [9.17, 15) is 4.39 Å². The summed E-state index contributed by atoms with van der Waals surface area (Å²) >= 11 is 0. The lowest BCUT2D eigenvalue weighted by Gasteiger charge is -2.31. The van der Waals surface area contributed by atoms with Gasteiger partial charge in [-0.2, -0.15) is 0 Å². The average molecular weight is 173 g/mol. The molecule has 1 saturated heterocycles. The van der Waals surface area contributed by atoms with Crippen LogP contribution in [0.1, 0.15) is 33.6 Å². The number of piperidine rings is 1. The maximum absolute atomic E-state index is 13.3. The Morgan fingerprint density at radius 3 is 2.58 bits per heavy atom. The Kier molecular flexibility index (Phi) is 3.10. The van der Waals surface area contributed by atoms with E-state index in [1.807, 2.05) is 0 Å². The predicted octanol–water partition coefficient (Wildman–Crippen LogP) is 2.37. The molecule has 0 aromatic rings. The van der Waals surface area contributed by atoms with Gasteiger partial charge in [-0.15, -0.1) is 0 Å². The highest BCUT2D eigenvalue weighted by Crippen LogP contribution is 2.30. The number of halogens is 1. The highest BCUT2D eigenvalue weighted by atomic mass is 19.1. The first-order chi connectivity index (χ1) is 5.49. The fraction of sp³-hybridized carbons (Fsp3) is 1.00. The van der Waals surface area contributed by atoms with Gasteiger partial charge >= 0.3 is 0 Å². The van der Waals surface area contributed by atoms with Crippen molar-refractivity contribution in [2.24, 2.45) is 11.3 Å². The lowest BCUT2D eigenvalue weighted by Crippen LogP contribution is -2.39. The number of rotatable bonds is 1. The molecule has 1 N–H and O–H groups in total. The van der Waals surface area contributed by atoms with E-state index in [-0.39, 0.29) is 11.3 Å². The number of nitrogens with one attached hydrogen (secondary N) is 1. The van der Waals surface area contributed by atoms with E-state index in [1.54, 1.807) is 0 Å². The lowest BCUT2D eigenvalue weighted by atomic mass is 9.80. The van der Waals surface area contributed by atoms with Gasteiger partial charge in [-0.05, 0) is 30.7 Å². The van der Waals surface area contributed by atoms with Crippen LogP contribution in [0.15, 0.2) is 0 Å². The Balaban J connectivity index is 2.39. The predicted molar refractivity (Wildman–Crippen MR) is 49.9 cm³/mol. The average Bonchev–Trinajstić information content (AvgIpc) is 1.91. The van der Waals surface area contributed by atoms with E-state index in [0.29, 0.717) is 6.54 Å². The third-order valence-corrected chi connectivity index (χ3v) is 2.42. The molecule has 1 aliphatic heterocycles. The van der Waals surface area contributed by atoms with Crippen LogP contribution >= 0.6 is 0 Å². The van der Waals surface area contributed by atoms with Gasteiger partial charge in [0.05, 0.1) is 0 Å². The van der Waals surface area contributed by atoms with Crippen molar-refractivity contribution in [2.75, 3.05) is 13.1 Å². The number of alkyl halides is 1. The Bertz CT molecular complexity index is 139. The van der Waals surface area contributed by atoms with E-state index in [0.717, 1.165) is 19.4 Å². The molecule has 0 spiro atoms. The minimum atomic E-state index is -0.627. The van der Waals surface area contributed by atoms with Gasteiger partial charge in [-0.1, -0.05) is 20.8 Å². The molecule has 2 atom stereocenters. The Morgan fingerprint density at radius 1 is 1.42 bits per heavy atom. The molecular weight excluding hydrogens is 153 g/mol. The van der Waals surface area contributed by atoms with Crippen LogP contribution in [0.4, 0.5) is 4.39 Å². The second-order valence-corrected chi connectivity index (χ2v) is 5.03. The summed E-state index contributed by atoms with van der Waals surface area (Å²) in [6.07, 6.45) is 1.38. The summed E-state index contributed by atoms with van der Waals surface area (Å²) in [5.74, 6) is 0.284. The van der Waals surface area contributed by atoms with Crippen LogP contribution in [0.3, 0.4) is 0 Å². The summed E-state index contributed by atoms with van der Waals surface area (Å²) in [6.45, 7) is 8.09. The van der Waals surface area contributed by atoms with Crippen LogP contribution in [-0.4, -0.2) is 19.3 Å². The monoisotopic (exact) mass is 173 g/mol. The SMILES string of the molecule is CC(C)(C)CC1CCNC[C@@H]1F. The van der Waals surface area contributed by atoms with Crippen molar-refractivity contribution in [3.8, 4) is 0 Å². The Hall–Kier alpha value is -0.110. The van der Waals surface area contributed by atoms with Gasteiger partial charge in [0.15, 0.2) is 0 Å². The molecule has 0 aromatic carbocycles. The largest absolute Gasteiger partial charge is 0.314 e. The zero-order valence-electron chi connectivity index (χ0n) is 8.36. The fourth-order valence-corrected chi connectivity index (χ4v) is 1.89. The van der Waals surface area contributed by atoms with Gasteiger partial charge in [-0.3, -0.25) is 0 Å². The van der Waals surface area contributed by atoms with Crippen molar-refractivity contribution >= 4 is 0 Å². The second-order valence-electron chi connectivity index (χ2n) is 5.03. The molecule has 1 aliphatic rings. The Labute approximate surface area is 74.7 Å². The van der Waals surface area contributed by atoms with Gasteiger partial charge in [0.25, 0.3) is 0 Å². The van der Waals surface area contributed by atoms with Crippen LogP contribution < -0.4 is 5.32 Å². The molecule has 0 aliphatic carbocycles. The normalized spacial score (nSPS) is 32.0. The zero-order valence-corrected chi connectivity index (χ0v) is 8.36. The minimum absolute atomic E-state index is 0.270. The van der Waals surface area contributed by atoms with Gasteiger partial charge in [0, 0.05) is 6.54 Å². The molecule has 1 nitrogen and oxygen atoms in total. The molecular formula is C10H20FN. The van der Waals surface area contributed by atoms with E-state index < -0.39 is 6.17 Å². The first kappa shape index (κ1) is 9.97. The first-order valence-electron chi connectivity index (χ1n) is 4.84. The summed E-state index contributed by atoms with van der Waals surface area (Å²) in [4.78, 5) is 0. The summed E-state index contributed by atoms with van der Waals surface area (Å²) < 4.78 is 13.3. The second kappa shape index (κ2) is 3.73. The van der Waals surface area contributed by atoms with E-state index in [4.69, 9.17) is 0 Å². The molecule has 2 heteroatoms. The van der Waals surface area contributed by atoms with E-state index in [2.05, 4.69) is 26.1 Å². The van der Waals surface area contributed by atoms with E-state index in [1.165, 1.54) is 0 Å². The van der Waals surface area contributed by atoms with E-state index >= 15 is 0 Å². The topological polar surface area (TPSA) is 12.0 Å². The maximum Gasteiger partial charge on any atom is 0.115 e. The quantitative estimate of drug-likeness (QED) is 0.642. The van der Waals surface area contributed by atoms with Crippen LogP contribution in [0.25, 0.3) is 0 Å². The van der Waals surface area contributed by atoms with Crippen molar-refractivity contribution in [1.82, 2.24) is 5.32 Å². The number of hydrogen-bond acceptors (Lipinski definition) is 1. The van der Waals surface area contributed by atoms with Crippen molar-refractivity contribution < 1.29 is 4.39 Å². The maximum atomic E-state index is 13.3. The molecule has 0 amide bonds. The third kappa shape index (κ3) is 3.10. The molecule has 1 rings (SSSR count). The third-order valence-electron chi connectivity index (χ3n) is 2.42. The van der Waals surface area contributed by atoms with Crippen LogP contribution in [0.2, 0.25) is 0 Å². The standard InChI is InChI=1S/C10H20FN/c1-10(2,3)6-8-4-5-12-7-9(8)11/h8-9,12H,4-7H2,1-3H3/t8?,9-/m0/s1. The van der Waals surface area contributed by atoms with Crippen molar-refractivity contribution in [2.45, 2.75) is 39.8 Å². The van der Waals surface area contributed by atoms with Crippen molar-refractivity contribution in [3.63, 3.8) is 0 Å². The van der Waals surface area contributed by atoms with Crippen molar-refractivity contribution in [3.05, 3.63) is 0 Å². The fourth-order valence-electron chi connectivity index (χ4n) is 1.89. The molecule has 0 saturated carbocycles. The molecule has 72 valence electrons. The highest BCUT2D eigenvalue weighted by molar-refractivity contribution is 4.81. The minimum Gasteiger partial charge on any atom is -0.314 e. The summed E-state index contributed by atoms with van der Waals surface area (Å²) in [5, 5.41) is 3.08. The Morgan fingerprint density at radius 2 is 2.08 bits per heavy atom. The van der Waals surface area contributed by atoms with Crippen LogP contribution in [0, 0.1) is 11.3 Å². The highest BCUT2D eigenvalue weighted by Gasteiger charge is 2.28. The molecule has 0 aromatic heterocycles. The molecule has 12 heavy (non-hydrogen) atoms. The summed E-state index contributed by atoms with van der Waals surface area (Å²) in [7, 11) is 0. The molecule has 1 fully saturated rings. The summed E-state index contributed by atoms with van der Waals surface area (Å²) in [6, 6.07) is 0. The first-order valence-corrected chi connectivity index (χ1v) is 4.84. The molecule has 0 bridgehead atoms. The smallest absolute Gasteiger partial charge is 0.115 e. The molecule has 1 heterocycles. The number of hydrogen-bond donors (Lipinski definition) is 1. The van der Waals surface area contributed by atoms with Crippen LogP contribution in [0.5, 0.6) is 0 Å².